The molecule has 0 unspecified atom stereocenters. The van der Waals surface area contributed by atoms with Gasteiger partial charge in [0.25, 0.3) is 0 Å². The van der Waals surface area contributed by atoms with Crippen molar-refractivity contribution in [1.29, 1.82) is 0 Å². The minimum atomic E-state index is -0.692. The molecule has 0 saturated carbocycles. The van der Waals surface area contributed by atoms with E-state index in [4.69, 9.17) is 23.1 Å². The first-order valence-electron chi connectivity index (χ1n) is 7.47. The molecule has 22 heavy (non-hydrogen) atoms. The zero-order valence-corrected chi connectivity index (χ0v) is 13.4. The van der Waals surface area contributed by atoms with Gasteiger partial charge in [-0.25, -0.2) is 0 Å². The molecule has 1 amide bonds. The molecule has 0 bridgehead atoms. The Morgan fingerprint density at radius 1 is 1.18 bits per heavy atom. The number of nitrogens with two attached hydrogens (primary N) is 2. The van der Waals surface area contributed by atoms with Gasteiger partial charge in [-0.3, -0.25) is 9.59 Å². The van der Waals surface area contributed by atoms with E-state index in [1.54, 1.807) is 0 Å². The summed E-state index contributed by atoms with van der Waals surface area (Å²) < 4.78 is 0. The molecule has 0 aromatic heterocycles. The Kier molecular flexibility index (Phi) is 8.74. The van der Waals surface area contributed by atoms with Crippen LogP contribution < -0.4 is 16.8 Å². The minimum Gasteiger partial charge on any atom is -0.345 e. The topological polar surface area (TPSA) is 98.2 Å². The highest BCUT2D eigenvalue weighted by molar-refractivity contribution is 6.28. The molecule has 0 aliphatic heterocycles. The monoisotopic (exact) mass is 325 g/mol. The highest BCUT2D eigenvalue weighted by Crippen LogP contribution is 2.06. The van der Waals surface area contributed by atoms with Crippen molar-refractivity contribution < 1.29 is 9.59 Å². The highest BCUT2D eigenvalue weighted by atomic mass is 35.5. The molecule has 0 saturated heterocycles. The van der Waals surface area contributed by atoms with Crippen molar-refractivity contribution in [3.8, 4) is 0 Å². The lowest BCUT2D eigenvalue weighted by molar-refractivity contribution is -0.127. The van der Waals surface area contributed by atoms with Gasteiger partial charge in [0.2, 0.25) is 5.91 Å². The summed E-state index contributed by atoms with van der Waals surface area (Å²) >= 11 is 5.60. The number of unbranched alkanes of at least 4 members (excludes halogenated alkanes) is 1. The number of ketones is 1. The zero-order chi connectivity index (χ0) is 16.4. The number of Topliss-reactive ketones (excluding diaryl/α,β-unsaturated/α-hetero) is 1. The maximum atomic E-state index is 12.2. The average Bonchev–Trinajstić information content (AvgIpc) is 2.54. The van der Waals surface area contributed by atoms with Crippen LogP contribution in [-0.2, 0) is 16.0 Å². The second-order valence-electron chi connectivity index (χ2n) is 5.24. The Morgan fingerprint density at radius 3 is 2.45 bits per heavy atom. The van der Waals surface area contributed by atoms with Gasteiger partial charge in [0.05, 0.1) is 18.0 Å². The van der Waals surface area contributed by atoms with Gasteiger partial charge in [-0.05, 0) is 37.8 Å². The maximum Gasteiger partial charge on any atom is 0.237 e. The largest absolute Gasteiger partial charge is 0.345 e. The van der Waals surface area contributed by atoms with Crippen LogP contribution in [0.15, 0.2) is 30.3 Å². The van der Waals surface area contributed by atoms with Crippen LogP contribution in [-0.4, -0.2) is 36.2 Å². The smallest absolute Gasteiger partial charge is 0.237 e. The molecule has 0 spiro atoms. The number of nitrogens with one attached hydrogen (secondary N) is 1. The molecule has 122 valence electrons. The fourth-order valence-electron chi connectivity index (χ4n) is 2.14. The second kappa shape index (κ2) is 10.3. The highest BCUT2D eigenvalue weighted by Gasteiger charge is 2.22. The molecule has 1 rings (SSSR count). The standard InChI is InChI=1S/C16H24ClN3O2/c17-11-15(21)14(8-4-5-9-18)20-16(22)13(19)10-12-6-2-1-3-7-12/h1-3,6-7,13-14H,4-5,8-11,18-19H2,(H,20,22)/t13-,14-/m0/s1. The maximum absolute atomic E-state index is 12.2. The summed E-state index contributed by atoms with van der Waals surface area (Å²) in [7, 11) is 0. The molecule has 2 atom stereocenters. The minimum absolute atomic E-state index is 0.124. The first-order valence-corrected chi connectivity index (χ1v) is 8.00. The van der Waals surface area contributed by atoms with Gasteiger partial charge in [0, 0.05) is 0 Å². The summed E-state index contributed by atoms with van der Waals surface area (Å²) in [6.45, 7) is 0.559. The number of hydrogen-bond donors (Lipinski definition) is 3. The molecule has 1 aromatic rings. The number of alkyl halides is 1. The van der Waals surface area contributed by atoms with Crippen LogP contribution in [0, 0.1) is 0 Å². The van der Waals surface area contributed by atoms with Gasteiger partial charge in [0.1, 0.15) is 0 Å². The predicted octanol–water partition coefficient (Wildman–Crippen LogP) is 0.978. The van der Waals surface area contributed by atoms with Gasteiger partial charge < -0.3 is 16.8 Å². The summed E-state index contributed by atoms with van der Waals surface area (Å²) in [4.78, 5) is 24.0. The van der Waals surface area contributed by atoms with Crippen LogP contribution in [0.2, 0.25) is 0 Å². The van der Waals surface area contributed by atoms with Gasteiger partial charge in [-0.1, -0.05) is 30.3 Å². The van der Waals surface area contributed by atoms with Gasteiger partial charge in [0.15, 0.2) is 5.78 Å². The predicted molar refractivity (Wildman–Crippen MR) is 88.7 cm³/mol. The van der Waals surface area contributed by atoms with Crippen LogP contribution >= 0.6 is 11.6 Å². The van der Waals surface area contributed by atoms with E-state index in [1.807, 2.05) is 30.3 Å². The van der Waals surface area contributed by atoms with E-state index < -0.39 is 12.1 Å². The number of benzene rings is 1. The summed E-state index contributed by atoms with van der Waals surface area (Å²) in [5.74, 6) is -0.652. The van der Waals surface area contributed by atoms with E-state index in [0.29, 0.717) is 19.4 Å². The van der Waals surface area contributed by atoms with E-state index in [9.17, 15) is 9.59 Å². The number of halogens is 1. The van der Waals surface area contributed by atoms with Crippen molar-refractivity contribution in [2.75, 3.05) is 12.4 Å². The van der Waals surface area contributed by atoms with Crippen LogP contribution in [0.25, 0.3) is 0 Å². The summed E-state index contributed by atoms with van der Waals surface area (Å²) in [5.41, 5.74) is 12.3. The Labute approximate surface area is 136 Å². The quantitative estimate of drug-likeness (QED) is 0.441. The van der Waals surface area contributed by atoms with Crippen LogP contribution in [0.4, 0.5) is 0 Å². The number of rotatable bonds is 10. The summed E-state index contributed by atoms with van der Waals surface area (Å²) in [5, 5.41) is 2.71. The third kappa shape index (κ3) is 6.56. The Hall–Kier alpha value is -1.43. The number of hydrogen-bond acceptors (Lipinski definition) is 4. The molecule has 5 N–H and O–H groups in total. The van der Waals surface area contributed by atoms with E-state index in [-0.39, 0.29) is 17.6 Å². The fourth-order valence-corrected chi connectivity index (χ4v) is 2.33. The zero-order valence-electron chi connectivity index (χ0n) is 12.6. The van der Waals surface area contributed by atoms with Crippen molar-refractivity contribution in [3.63, 3.8) is 0 Å². The molecule has 0 fully saturated rings. The van der Waals surface area contributed by atoms with E-state index in [2.05, 4.69) is 5.32 Å². The fraction of sp³-hybridized carbons (Fsp3) is 0.500. The number of carbonyl (C=O) groups excluding carboxylic acids is 2. The third-order valence-corrected chi connectivity index (χ3v) is 3.68. The van der Waals surface area contributed by atoms with Crippen molar-refractivity contribution in [1.82, 2.24) is 5.32 Å². The van der Waals surface area contributed by atoms with Gasteiger partial charge >= 0.3 is 0 Å². The molecule has 5 nitrogen and oxygen atoms in total. The summed E-state index contributed by atoms with van der Waals surface area (Å²) in [6.07, 6.45) is 2.53. The molecular formula is C16H24ClN3O2. The van der Waals surface area contributed by atoms with Crippen molar-refractivity contribution in [2.45, 2.75) is 37.8 Å². The SMILES string of the molecule is NCCCC[C@H](NC(=O)[C@@H](N)Cc1ccccc1)C(=O)CCl. The van der Waals surface area contributed by atoms with Crippen molar-refractivity contribution in [3.05, 3.63) is 35.9 Å². The summed E-state index contributed by atoms with van der Waals surface area (Å²) in [6, 6.07) is 8.24. The van der Waals surface area contributed by atoms with Gasteiger partial charge in [-0.2, -0.15) is 0 Å². The number of amides is 1. The normalized spacial score (nSPS) is 13.4. The first-order chi connectivity index (χ1) is 10.6. The lowest BCUT2D eigenvalue weighted by atomic mass is 10.0. The van der Waals surface area contributed by atoms with Gasteiger partial charge in [-0.15, -0.1) is 11.6 Å². The second-order valence-corrected chi connectivity index (χ2v) is 5.51. The third-order valence-electron chi connectivity index (χ3n) is 3.42. The molecule has 6 heteroatoms. The van der Waals surface area contributed by atoms with E-state index in [0.717, 1.165) is 18.4 Å². The molecule has 0 radical (unpaired) electrons. The van der Waals surface area contributed by atoms with Crippen molar-refractivity contribution >= 4 is 23.3 Å². The van der Waals surface area contributed by atoms with Crippen molar-refractivity contribution in [2.24, 2.45) is 11.5 Å². The lowest BCUT2D eigenvalue weighted by Gasteiger charge is -2.19. The molecule has 0 aliphatic carbocycles. The Morgan fingerprint density at radius 2 is 1.86 bits per heavy atom. The lowest BCUT2D eigenvalue weighted by Crippen LogP contribution is -2.49. The molecule has 0 aliphatic rings. The Balaban J connectivity index is 2.55. The number of carbonyl (C=O) groups is 2. The van der Waals surface area contributed by atoms with Crippen LogP contribution in [0.3, 0.4) is 0 Å². The van der Waals surface area contributed by atoms with E-state index in [1.165, 1.54) is 0 Å². The Bertz CT molecular complexity index is 468. The average molecular weight is 326 g/mol. The van der Waals surface area contributed by atoms with E-state index >= 15 is 0 Å². The van der Waals surface area contributed by atoms with Crippen LogP contribution in [0.5, 0.6) is 0 Å². The molecule has 1 aromatic carbocycles. The van der Waals surface area contributed by atoms with Crippen LogP contribution in [0.1, 0.15) is 24.8 Å². The first kappa shape index (κ1) is 18.6. The molecular weight excluding hydrogens is 302 g/mol. The molecule has 0 heterocycles.